The fraction of sp³-hybridized carbons (Fsp3) is 0.417. The highest BCUT2D eigenvalue weighted by molar-refractivity contribution is 9.10. The molecule has 0 aliphatic heterocycles. The summed E-state index contributed by atoms with van der Waals surface area (Å²) in [5, 5.41) is 0. The Kier molecular flexibility index (Phi) is 4.80. The van der Waals surface area contributed by atoms with E-state index in [1.54, 1.807) is 12.1 Å². The number of benzene rings is 1. The molecule has 0 fully saturated rings. The second-order valence-corrected chi connectivity index (χ2v) is 4.06. The minimum Gasteiger partial charge on any atom is -0.490 e. The molecule has 0 unspecified atom stereocenters. The fourth-order valence-electron chi connectivity index (χ4n) is 1.34. The quantitative estimate of drug-likeness (QED) is 0.778. The van der Waals surface area contributed by atoms with Gasteiger partial charge in [-0.1, -0.05) is 0 Å². The van der Waals surface area contributed by atoms with Crippen LogP contribution in [0.1, 0.15) is 31.1 Å². The smallest absolute Gasteiger partial charge is 0.162 e. The van der Waals surface area contributed by atoms with Gasteiger partial charge in [0.05, 0.1) is 13.2 Å². The highest BCUT2D eigenvalue weighted by Gasteiger charge is 2.13. The first-order valence-electron chi connectivity index (χ1n) is 5.20. The van der Waals surface area contributed by atoms with Crippen molar-refractivity contribution in [1.82, 2.24) is 0 Å². The normalized spacial score (nSPS) is 10.0. The van der Waals surface area contributed by atoms with Crippen molar-refractivity contribution in [2.45, 2.75) is 20.8 Å². The number of halogens is 1. The number of carbonyl (C=O) groups excluding carboxylic acids is 1. The first kappa shape index (κ1) is 13.0. The summed E-state index contributed by atoms with van der Waals surface area (Å²) in [4.78, 5) is 11.4. The number of carbonyl (C=O) groups is 1. The number of rotatable bonds is 5. The van der Waals surface area contributed by atoms with Crippen LogP contribution in [0.25, 0.3) is 0 Å². The zero-order chi connectivity index (χ0) is 12.1. The van der Waals surface area contributed by atoms with E-state index in [9.17, 15) is 4.79 Å². The molecule has 0 bridgehead atoms. The number of ketones is 1. The van der Waals surface area contributed by atoms with Crippen molar-refractivity contribution >= 4 is 21.7 Å². The Morgan fingerprint density at radius 1 is 1.19 bits per heavy atom. The zero-order valence-electron chi connectivity index (χ0n) is 9.67. The molecule has 1 rings (SSSR count). The Bertz CT molecular complexity index is 388. The van der Waals surface area contributed by atoms with Crippen LogP contribution in [0.2, 0.25) is 0 Å². The lowest BCUT2D eigenvalue weighted by Gasteiger charge is -2.12. The molecule has 0 radical (unpaired) electrons. The van der Waals surface area contributed by atoms with E-state index >= 15 is 0 Å². The van der Waals surface area contributed by atoms with Crippen molar-refractivity contribution in [2.75, 3.05) is 13.2 Å². The van der Waals surface area contributed by atoms with Crippen LogP contribution in [-0.4, -0.2) is 19.0 Å². The predicted octanol–water partition coefficient (Wildman–Crippen LogP) is 3.45. The number of hydrogen-bond donors (Lipinski definition) is 0. The van der Waals surface area contributed by atoms with Gasteiger partial charge >= 0.3 is 0 Å². The summed E-state index contributed by atoms with van der Waals surface area (Å²) in [5.74, 6) is 1.26. The van der Waals surface area contributed by atoms with E-state index in [1.807, 2.05) is 13.8 Å². The molecule has 1 aromatic carbocycles. The molecule has 0 saturated carbocycles. The summed E-state index contributed by atoms with van der Waals surface area (Å²) in [5.41, 5.74) is 0.604. The molecule has 0 aliphatic carbocycles. The van der Waals surface area contributed by atoms with E-state index in [0.717, 1.165) is 4.47 Å². The lowest BCUT2D eigenvalue weighted by molar-refractivity contribution is 0.101. The molecule has 88 valence electrons. The Hall–Kier alpha value is -1.03. The molecule has 0 heterocycles. The third-order valence-electron chi connectivity index (χ3n) is 2.01. The Morgan fingerprint density at radius 3 is 2.12 bits per heavy atom. The van der Waals surface area contributed by atoms with Crippen LogP contribution in [0, 0.1) is 0 Å². The van der Waals surface area contributed by atoms with E-state index in [0.29, 0.717) is 30.3 Å². The maximum absolute atomic E-state index is 11.4. The van der Waals surface area contributed by atoms with Crippen molar-refractivity contribution in [3.8, 4) is 11.5 Å². The second-order valence-electron chi connectivity index (χ2n) is 3.20. The maximum atomic E-state index is 11.4. The molecule has 0 atom stereocenters. The van der Waals surface area contributed by atoms with Gasteiger partial charge in [-0.25, -0.2) is 0 Å². The third-order valence-corrected chi connectivity index (χ3v) is 2.67. The first-order valence-corrected chi connectivity index (χ1v) is 5.99. The van der Waals surface area contributed by atoms with Crippen LogP contribution < -0.4 is 9.47 Å². The van der Waals surface area contributed by atoms with Gasteiger partial charge in [0.1, 0.15) is 0 Å². The molecule has 0 amide bonds. The highest BCUT2D eigenvalue weighted by atomic mass is 79.9. The summed E-state index contributed by atoms with van der Waals surface area (Å²) < 4.78 is 11.6. The largest absolute Gasteiger partial charge is 0.490 e. The number of hydrogen-bond acceptors (Lipinski definition) is 3. The van der Waals surface area contributed by atoms with E-state index in [2.05, 4.69) is 15.9 Å². The summed E-state index contributed by atoms with van der Waals surface area (Å²) in [6, 6.07) is 3.48. The minimum absolute atomic E-state index is 0.00382. The van der Waals surface area contributed by atoms with Crippen molar-refractivity contribution in [3.63, 3.8) is 0 Å². The fourth-order valence-corrected chi connectivity index (χ4v) is 1.94. The van der Waals surface area contributed by atoms with Gasteiger partial charge in [0.2, 0.25) is 0 Å². The topological polar surface area (TPSA) is 35.5 Å². The van der Waals surface area contributed by atoms with E-state index in [4.69, 9.17) is 9.47 Å². The van der Waals surface area contributed by atoms with Gasteiger partial charge in [0.15, 0.2) is 17.3 Å². The number of Topliss-reactive ketones (excluding diaryl/α,β-unsaturated/α-hetero) is 1. The van der Waals surface area contributed by atoms with E-state index in [1.165, 1.54) is 6.92 Å². The van der Waals surface area contributed by atoms with Crippen LogP contribution in [0.4, 0.5) is 0 Å². The van der Waals surface area contributed by atoms with Crippen LogP contribution in [0.5, 0.6) is 11.5 Å². The lowest BCUT2D eigenvalue weighted by atomic mass is 10.1. The van der Waals surface area contributed by atoms with Crippen LogP contribution in [0.3, 0.4) is 0 Å². The monoisotopic (exact) mass is 286 g/mol. The summed E-state index contributed by atoms with van der Waals surface area (Å²) in [6.07, 6.45) is 0. The Morgan fingerprint density at radius 2 is 1.69 bits per heavy atom. The molecular formula is C12H15BrO3. The average molecular weight is 287 g/mol. The zero-order valence-corrected chi connectivity index (χ0v) is 11.3. The summed E-state index contributed by atoms with van der Waals surface area (Å²) >= 11 is 3.35. The predicted molar refractivity (Wildman–Crippen MR) is 66.5 cm³/mol. The molecule has 16 heavy (non-hydrogen) atoms. The van der Waals surface area contributed by atoms with Gasteiger partial charge in [0, 0.05) is 10.0 Å². The first-order chi connectivity index (χ1) is 7.60. The molecule has 0 aliphatic rings. The van der Waals surface area contributed by atoms with Gasteiger partial charge < -0.3 is 9.47 Å². The van der Waals surface area contributed by atoms with Crippen molar-refractivity contribution in [3.05, 3.63) is 22.2 Å². The van der Waals surface area contributed by atoms with Crippen LogP contribution in [-0.2, 0) is 0 Å². The van der Waals surface area contributed by atoms with Crippen molar-refractivity contribution < 1.29 is 14.3 Å². The average Bonchev–Trinajstić information content (AvgIpc) is 2.22. The Labute approximate surface area is 104 Å². The molecule has 0 saturated heterocycles. The van der Waals surface area contributed by atoms with Gasteiger partial charge in [0.25, 0.3) is 0 Å². The van der Waals surface area contributed by atoms with E-state index < -0.39 is 0 Å². The Balaban J connectivity index is 3.19. The highest BCUT2D eigenvalue weighted by Crippen LogP contribution is 2.34. The maximum Gasteiger partial charge on any atom is 0.162 e. The SMILES string of the molecule is CCOc1cc(Br)c(C(C)=O)cc1OCC. The molecule has 1 aromatic rings. The van der Waals surface area contributed by atoms with Gasteiger partial charge in [-0.2, -0.15) is 0 Å². The van der Waals surface area contributed by atoms with Crippen molar-refractivity contribution in [2.24, 2.45) is 0 Å². The van der Waals surface area contributed by atoms with Gasteiger partial charge in [-0.05, 0) is 48.8 Å². The third kappa shape index (κ3) is 2.98. The molecular weight excluding hydrogens is 272 g/mol. The lowest BCUT2D eigenvalue weighted by Crippen LogP contribution is -2.02. The second kappa shape index (κ2) is 5.89. The molecule has 4 heteroatoms. The van der Waals surface area contributed by atoms with E-state index in [-0.39, 0.29) is 5.78 Å². The van der Waals surface area contributed by atoms with Gasteiger partial charge in [-0.15, -0.1) is 0 Å². The van der Waals surface area contributed by atoms with Gasteiger partial charge in [-0.3, -0.25) is 4.79 Å². The number of ether oxygens (including phenoxy) is 2. The minimum atomic E-state index is -0.00382. The molecule has 3 nitrogen and oxygen atoms in total. The van der Waals surface area contributed by atoms with Crippen LogP contribution in [0.15, 0.2) is 16.6 Å². The van der Waals surface area contributed by atoms with Crippen molar-refractivity contribution in [1.29, 1.82) is 0 Å². The summed E-state index contributed by atoms with van der Waals surface area (Å²) in [7, 11) is 0. The molecule has 0 N–H and O–H groups in total. The molecule has 0 aromatic heterocycles. The molecule has 0 spiro atoms. The van der Waals surface area contributed by atoms with Crippen LogP contribution >= 0.6 is 15.9 Å². The standard InChI is InChI=1S/C12H15BrO3/c1-4-15-11-6-9(8(3)14)10(13)7-12(11)16-5-2/h6-7H,4-5H2,1-3H3. The summed E-state index contributed by atoms with van der Waals surface area (Å²) in [6.45, 7) is 6.43.